The van der Waals surface area contributed by atoms with Crippen LogP contribution in [0.3, 0.4) is 0 Å². The molecule has 2 aliphatic carbocycles. The molecule has 3 nitrogen and oxygen atoms in total. The fourth-order valence-electron chi connectivity index (χ4n) is 3.26. The standard InChI is InChI=1S/C13H15BrN2O/c14-11-2-1-3-12(15-11)16-13(17)10-7-8-4-5-9(10)6-8/h1-3,8-10H,4-7H2,(H,15,16,17). The van der Waals surface area contributed by atoms with Crippen LogP contribution in [0.4, 0.5) is 5.82 Å². The lowest BCUT2D eigenvalue weighted by Gasteiger charge is -2.20. The summed E-state index contributed by atoms with van der Waals surface area (Å²) >= 11 is 3.31. The second-order valence-corrected chi connectivity index (χ2v) is 5.93. The number of aromatic nitrogens is 1. The molecule has 3 atom stereocenters. The Labute approximate surface area is 109 Å². The Morgan fingerprint density at radius 3 is 2.88 bits per heavy atom. The van der Waals surface area contributed by atoms with Gasteiger partial charge in [0.25, 0.3) is 0 Å². The molecule has 90 valence electrons. The highest BCUT2D eigenvalue weighted by Crippen LogP contribution is 2.48. The first-order valence-electron chi connectivity index (χ1n) is 6.16. The summed E-state index contributed by atoms with van der Waals surface area (Å²) in [5.74, 6) is 2.43. The molecule has 2 saturated carbocycles. The number of hydrogen-bond acceptors (Lipinski definition) is 2. The monoisotopic (exact) mass is 294 g/mol. The Balaban J connectivity index is 1.68. The van der Waals surface area contributed by atoms with Gasteiger partial charge < -0.3 is 5.32 Å². The fraction of sp³-hybridized carbons (Fsp3) is 0.538. The second-order valence-electron chi connectivity index (χ2n) is 5.12. The summed E-state index contributed by atoms with van der Waals surface area (Å²) in [6.07, 6.45) is 4.88. The van der Waals surface area contributed by atoms with Crippen molar-refractivity contribution in [3.8, 4) is 0 Å². The zero-order chi connectivity index (χ0) is 11.8. The molecule has 1 amide bonds. The van der Waals surface area contributed by atoms with Gasteiger partial charge in [-0.25, -0.2) is 4.98 Å². The van der Waals surface area contributed by atoms with Crippen LogP contribution >= 0.6 is 15.9 Å². The van der Waals surface area contributed by atoms with Crippen LogP contribution in [-0.2, 0) is 4.79 Å². The van der Waals surface area contributed by atoms with Gasteiger partial charge in [0, 0.05) is 5.92 Å². The predicted molar refractivity (Wildman–Crippen MR) is 69.5 cm³/mol. The summed E-state index contributed by atoms with van der Waals surface area (Å²) in [5.41, 5.74) is 0. The van der Waals surface area contributed by atoms with Crippen LogP contribution in [0.15, 0.2) is 22.8 Å². The summed E-state index contributed by atoms with van der Waals surface area (Å²) in [5, 5.41) is 2.93. The van der Waals surface area contributed by atoms with E-state index in [9.17, 15) is 4.79 Å². The van der Waals surface area contributed by atoms with Crippen molar-refractivity contribution in [3.63, 3.8) is 0 Å². The molecule has 0 radical (unpaired) electrons. The third kappa shape index (κ3) is 2.23. The first-order valence-corrected chi connectivity index (χ1v) is 6.95. The normalized spacial score (nSPS) is 30.5. The first kappa shape index (κ1) is 11.2. The Morgan fingerprint density at radius 1 is 1.35 bits per heavy atom. The minimum atomic E-state index is 0.155. The van der Waals surface area contributed by atoms with E-state index >= 15 is 0 Å². The zero-order valence-corrected chi connectivity index (χ0v) is 11.1. The quantitative estimate of drug-likeness (QED) is 0.851. The molecule has 2 bridgehead atoms. The van der Waals surface area contributed by atoms with Gasteiger partial charge in [-0.05, 0) is 59.2 Å². The highest BCUT2D eigenvalue weighted by atomic mass is 79.9. The topological polar surface area (TPSA) is 42.0 Å². The molecule has 2 aliphatic rings. The molecule has 0 saturated heterocycles. The maximum atomic E-state index is 12.1. The third-order valence-electron chi connectivity index (χ3n) is 4.04. The molecule has 3 rings (SSSR count). The molecular weight excluding hydrogens is 280 g/mol. The van der Waals surface area contributed by atoms with E-state index in [1.165, 1.54) is 19.3 Å². The van der Waals surface area contributed by atoms with Crippen LogP contribution < -0.4 is 5.32 Å². The smallest absolute Gasteiger partial charge is 0.228 e. The van der Waals surface area contributed by atoms with Crippen molar-refractivity contribution < 1.29 is 4.79 Å². The number of anilines is 1. The minimum Gasteiger partial charge on any atom is -0.310 e. The van der Waals surface area contributed by atoms with Crippen LogP contribution in [0.2, 0.25) is 0 Å². The van der Waals surface area contributed by atoms with Crippen molar-refractivity contribution >= 4 is 27.7 Å². The molecule has 0 aromatic carbocycles. The number of halogens is 1. The van der Waals surface area contributed by atoms with Crippen LogP contribution in [0.25, 0.3) is 0 Å². The summed E-state index contributed by atoms with van der Waals surface area (Å²) in [7, 11) is 0. The van der Waals surface area contributed by atoms with E-state index in [0.29, 0.717) is 11.7 Å². The van der Waals surface area contributed by atoms with E-state index in [1.54, 1.807) is 0 Å². The Hall–Kier alpha value is -0.900. The Bertz CT molecular complexity index is 449. The Morgan fingerprint density at radius 2 is 2.24 bits per heavy atom. The molecule has 4 heteroatoms. The van der Waals surface area contributed by atoms with Crippen molar-refractivity contribution in [1.82, 2.24) is 4.98 Å². The van der Waals surface area contributed by atoms with E-state index in [0.717, 1.165) is 16.9 Å². The maximum absolute atomic E-state index is 12.1. The average Bonchev–Trinajstić information content (AvgIpc) is 2.90. The molecule has 2 fully saturated rings. The summed E-state index contributed by atoms with van der Waals surface area (Å²) < 4.78 is 0.753. The molecule has 3 unspecified atom stereocenters. The van der Waals surface area contributed by atoms with Gasteiger partial charge in [-0.3, -0.25) is 4.79 Å². The first-order chi connectivity index (χ1) is 8.22. The zero-order valence-electron chi connectivity index (χ0n) is 9.53. The minimum absolute atomic E-state index is 0.155. The molecular formula is C13H15BrN2O. The van der Waals surface area contributed by atoms with Gasteiger partial charge >= 0.3 is 0 Å². The average molecular weight is 295 g/mol. The molecule has 1 aromatic rings. The lowest BCUT2D eigenvalue weighted by molar-refractivity contribution is -0.121. The van der Waals surface area contributed by atoms with Crippen molar-refractivity contribution in [3.05, 3.63) is 22.8 Å². The molecule has 1 heterocycles. The lowest BCUT2D eigenvalue weighted by atomic mass is 9.88. The largest absolute Gasteiger partial charge is 0.310 e. The fourth-order valence-corrected chi connectivity index (χ4v) is 3.61. The van der Waals surface area contributed by atoms with Crippen molar-refractivity contribution in [2.45, 2.75) is 25.7 Å². The molecule has 0 aliphatic heterocycles. The van der Waals surface area contributed by atoms with Gasteiger partial charge in [0.1, 0.15) is 10.4 Å². The number of nitrogens with zero attached hydrogens (tertiary/aromatic N) is 1. The predicted octanol–water partition coefficient (Wildman–Crippen LogP) is 3.22. The van der Waals surface area contributed by atoms with Gasteiger partial charge in [0.05, 0.1) is 0 Å². The summed E-state index contributed by atoms with van der Waals surface area (Å²) in [6.45, 7) is 0. The van der Waals surface area contributed by atoms with Gasteiger partial charge in [0.2, 0.25) is 5.91 Å². The highest BCUT2D eigenvalue weighted by molar-refractivity contribution is 9.10. The van der Waals surface area contributed by atoms with E-state index in [1.807, 2.05) is 18.2 Å². The molecule has 1 N–H and O–H groups in total. The van der Waals surface area contributed by atoms with E-state index in [2.05, 4.69) is 26.2 Å². The van der Waals surface area contributed by atoms with E-state index in [4.69, 9.17) is 0 Å². The van der Waals surface area contributed by atoms with Gasteiger partial charge in [0.15, 0.2) is 0 Å². The van der Waals surface area contributed by atoms with Gasteiger partial charge in [-0.15, -0.1) is 0 Å². The molecule has 0 spiro atoms. The number of amides is 1. The number of fused-ring (bicyclic) bond motifs is 2. The van der Waals surface area contributed by atoms with E-state index in [-0.39, 0.29) is 11.8 Å². The molecule has 17 heavy (non-hydrogen) atoms. The van der Waals surface area contributed by atoms with Gasteiger partial charge in [-0.1, -0.05) is 12.5 Å². The number of hydrogen-bond donors (Lipinski definition) is 1. The summed E-state index contributed by atoms with van der Waals surface area (Å²) in [6, 6.07) is 5.57. The van der Waals surface area contributed by atoms with Crippen LogP contribution in [0.1, 0.15) is 25.7 Å². The lowest BCUT2D eigenvalue weighted by Crippen LogP contribution is -2.27. The van der Waals surface area contributed by atoms with Crippen molar-refractivity contribution in [2.24, 2.45) is 17.8 Å². The molecule has 1 aromatic heterocycles. The van der Waals surface area contributed by atoms with Crippen LogP contribution in [0.5, 0.6) is 0 Å². The number of carbonyl (C=O) groups is 1. The SMILES string of the molecule is O=C(Nc1cccc(Br)n1)C1CC2CCC1C2. The summed E-state index contributed by atoms with van der Waals surface area (Å²) in [4.78, 5) is 16.4. The Kier molecular flexibility index (Phi) is 2.90. The highest BCUT2D eigenvalue weighted by Gasteiger charge is 2.43. The number of pyridine rings is 1. The van der Waals surface area contributed by atoms with Crippen LogP contribution in [0, 0.1) is 17.8 Å². The second kappa shape index (κ2) is 4.41. The third-order valence-corrected chi connectivity index (χ3v) is 4.48. The van der Waals surface area contributed by atoms with Crippen LogP contribution in [-0.4, -0.2) is 10.9 Å². The van der Waals surface area contributed by atoms with E-state index < -0.39 is 0 Å². The number of nitrogens with one attached hydrogen (secondary N) is 1. The van der Waals surface area contributed by atoms with Crippen molar-refractivity contribution in [2.75, 3.05) is 5.32 Å². The van der Waals surface area contributed by atoms with Crippen molar-refractivity contribution in [1.29, 1.82) is 0 Å². The number of rotatable bonds is 2. The maximum Gasteiger partial charge on any atom is 0.228 e. The number of carbonyl (C=O) groups excluding carboxylic acids is 1. The van der Waals surface area contributed by atoms with Gasteiger partial charge in [-0.2, -0.15) is 0 Å².